The van der Waals surface area contributed by atoms with E-state index < -0.39 is 0 Å². The first-order valence-electron chi connectivity index (χ1n) is 19.6. The van der Waals surface area contributed by atoms with Crippen LogP contribution in [0.1, 0.15) is 0 Å². The highest BCUT2D eigenvalue weighted by Crippen LogP contribution is 2.46. The lowest BCUT2D eigenvalue weighted by Gasteiger charge is -2.14. The number of fused-ring (bicyclic) bond motifs is 10. The van der Waals surface area contributed by atoms with Gasteiger partial charge in [-0.1, -0.05) is 140 Å². The van der Waals surface area contributed by atoms with E-state index in [9.17, 15) is 0 Å². The van der Waals surface area contributed by atoms with Gasteiger partial charge in [-0.3, -0.25) is 0 Å². The van der Waals surface area contributed by atoms with Crippen molar-refractivity contribution in [1.29, 1.82) is 0 Å². The summed E-state index contributed by atoms with van der Waals surface area (Å²) in [5.41, 5.74) is 12.2. The molecule has 12 rings (SSSR count). The molecule has 0 radical (unpaired) electrons. The van der Waals surface area contributed by atoms with Crippen molar-refractivity contribution in [2.24, 2.45) is 0 Å². The second-order valence-corrected chi connectivity index (χ2v) is 14.8. The van der Waals surface area contributed by atoms with Gasteiger partial charge in [0.15, 0.2) is 5.82 Å². The van der Waals surface area contributed by atoms with Crippen molar-refractivity contribution in [2.45, 2.75) is 0 Å². The molecule has 6 heteroatoms. The van der Waals surface area contributed by atoms with Crippen LogP contribution < -0.4 is 0 Å². The second-order valence-electron chi connectivity index (χ2n) is 14.8. The zero-order valence-electron chi connectivity index (χ0n) is 31.5. The van der Waals surface area contributed by atoms with Crippen LogP contribution in [0.15, 0.2) is 192 Å². The standard InChI is InChI=1S/C53H31N5O/c1-54-50-48(33-16-5-2-6-17-33)55-53(34-18-7-3-8-19-34)56-49(50)41-24-15-27-46-47(41)42-32-36(28-31-45(42)59-46)58-44-26-14-12-23-38(44)40-30-29-39-37-22-11-13-25-43(37)57(51(39)52(40)58)35-20-9-4-10-21-35/h2-32H. The fourth-order valence-electron chi connectivity index (χ4n) is 9.03. The van der Waals surface area contributed by atoms with E-state index in [1.165, 1.54) is 21.5 Å². The second kappa shape index (κ2) is 12.9. The molecule has 4 heterocycles. The third-order valence-electron chi connectivity index (χ3n) is 11.6. The lowest BCUT2D eigenvalue weighted by molar-refractivity contribution is 0.669. The van der Waals surface area contributed by atoms with Gasteiger partial charge in [-0.25, -0.2) is 14.8 Å². The Morgan fingerprint density at radius 2 is 1.02 bits per heavy atom. The third-order valence-corrected chi connectivity index (χ3v) is 11.6. The SMILES string of the molecule is [C-]#[N+]c1c(-c2ccccc2)nc(-c2ccccc2)nc1-c1cccc2oc3ccc(-n4c5ccccc5c5ccc6c7ccccc7n(-c7ccccc7)c6c54)cc3c12. The molecule has 59 heavy (non-hydrogen) atoms. The molecule has 0 spiro atoms. The zero-order chi connectivity index (χ0) is 39.0. The summed E-state index contributed by atoms with van der Waals surface area (Å²) in [5, 5.41) is 6.59. The van der Waals surface area contributed by atoms with E-state index in [0.717, 1.165) is 72.1 Å². The molecule has 0 saturated carbocycles. The molecule has 0 fully saturated rings. The van der Waals surface area contributed by atoms with Gasteiger partial charge in [0.2, 0.25) is 5.69 Å². The van der Waals surface area contributed by atoms with Gasteiger partial charge in [0.1, 0.15) is 11.2 Å². The van der Waals surface area contributed by atoms with Gasteiger partial charge in [0.05, 0.1) is 40.0 Å². The van der Waals surface area contributed by atoms with Gasteiger partial charge in [-0.05, 0) is 54.1 Å². The molecule has 0 unspecified atom stereocenters. The first-order chi connectivity index (χ1) is 29.2. The fraction of sp³-hybridized carbons (Fsp3) is 0. The summed E-state index contributed by atoms with van der Waals surface area (Å²) in [7, 11) is 0. The molecular weight excluding hydrogens is 723 g/mol. The van der Waals surface area contributed by atoms with Crippen LogP contribution >= 0.6 is 0 Å². The molecule has 4 aromatic heterocycles. The summed E-state index contributed by atoms with van der Waals surface area (Å²) in [4.78, 5) is 14.3. The van der Waals surface area contributed by atoms with Crippen molar-refractivity contribution in [3.8, 4) is 45.3 Å². The Morgan fingerprint density at radius 1 is 0.441 bits per heavy atom. The Hall–Kier alpha value is -8.27. The summed E-state index contributed by atoms with van der Waals surface area (Å²) < 4.78 is 11.4. The van der Waals surface area contributed by atoms with Crippen molar-refractivity contribution in [2.75, 3.05) is 0 Å². The number of hydrogen-bond acceptors (Lipinski definition) is 3. The van der Waals surface area contributed by atoms with Crippen LogP contribution in [0.5, 0.6) is 0 Å². The largest absolute Gasteiger partial charge is 0.456 e. The van der Waals surface area contributed by atoms with Crippen LogP contribution in [-0.4, -0.2) is 19.1 Å². The first-order valence-corrected chi connectivity index (χ1v) is 19.6. The maximum absolute atomic E-state index is 8.52. The maximum Gasteiger partial charge on any atom is 0.238 e. The molecule has 12 aromatic rings. The van der Waals surface area contributed by atoms with E-state index in [0.29, 0.717) is 22.9 Å². The lowest BCUT2D eigenvalue weighted by Crippen LogP contribution is -1.98. The molecule has 0 N–H and O–H groups in total. The van der Waals surface area contributed by atoms with Gasteiger partial charge >= 0.3 is 0 Å². The van der Waals surface area contributed by atoms with Gasteiger partial charge in [-0.2, -0.15) is 0 Å². The van der Waals surface area contributed by atoms with Crippen LogP contribution in [0.2, 0.25) is 0 Å². The van der Waals surface area contributed by atoms with Crippen molar-refractivity contribution < 1.29 is 4.42 Å². The highest BCUT2D eigenvalue weighted by atomic mass is 16.3. The molecule has 0 aliphatic heterocycles. The predicted molar refractivity (Wildman–Crippen MR) is 241 cm³/mol. The Balaban J connectivity index is 1.18. The van der Waals surface area contributed by atoms with Crippen LogP contribution in [0, 0.1) is 6.57 Å². The summed E-state index contributed by atoms with van der Waals surface area (Å²) in [6, 6.07) is 64.9. The van der Waals surface area contributed by atoms with Crippen molar-refractivity contribution in [3.63, 3.8) is 0 Å². The topological polar surface area (TPSA) is 53.1 Å². The van der Waals surface area contributed by atoms with E-state index in [2.05, 4.69) is 123 Å². The number of benzene rings is 8. The van der Waals surface area contributed by atoms with Crippen molar-refractivity contribution in [3.05, 3.63) is 199 Å². The number of aromatic nitrogens is 4. The lowest BCUT2D eigenvalue weighted by atomic mass is 9.99. The van der Waals surface area contributed by atoms with Crippen LogP contribution in [0.3, 0.4) is 0 Å². The highest BCUT2D eigenvalue weighted by molar-refractivity contribution is 6.24. The Labute approximate surface area is 338 Å². The summed E-state index contributed by atoms with van der Waals surface area (Å²) in [6.07, 6.45) is 0. The Bertz CT molecular complexity index is 3670. The normalized spacial score (nSPS) is 11.7. The molecule has 0 amide bonds. The van der Waals surface area contributed by atoms with E-state index in [4.69, 9.17) is 21.0 Å². The fourth-order valence-corrected chi connectivity index (χ4v) is 9.03. The minimum absolute atomic E-state index is 0.396. The Kier molecular flexibility index (Phi) is 7.19. The number of rotatable bonds is 5. The maximum atomic E-state index is 8.52. The monoisotopic (exact) mass is 753 g/mol. The third kappa shape index (κ3) is 4.92. The van der Waals surface area contributed by atoms with Crippen molar-refractivity contribution >= 4 is 71.2 Å². The molecule has 0 atom stereocenters. The minimum Gasteiger partial charge on any atom is -0.456 e. The molecule has 0 saturated heterocycles. The highest BCUT2D eigenvalue weighted by Gasteiger charge is 2.24. The summed E-state index contributed by atoms with van der Waals surface area (Å²) in [6.45, 7) is 8.52. The molecule has 0 bridgehead atoms. The summed E-state index contributed by atoms with van der Waals surface area (Å²) >= 11 is 0. The molecular formula is C53H31N5O. The number of nitrogens with zero attached hydrogens (tertiary/aromatic N) is 5. The van der Waals surface area contributed by atoms with E-state index in [1.54, 1.807) is 0 Å². The average molecular weight is 754 g/mol. The molecule has 0 aliphatic carbocycles. The minimum atomic E-state index is 0.396. The molecule has 274 valence electrons. The van der Waals surface area contributed by atoms with Crippen LogP contribution in [0.25, 0.3) is 116 Å². The predicted octanol–water partition coefficient (Wildman–Crippen LogP) is 14.1. The zero-order valence-corrected chi connectivity index (χ0v) is 31.5. The molecule has 8 aromatic carbocycles. The van der Waals surface area contributed by atoms with Crippen LogP contribution in [0.4, 0.5) is 5.69 Å². The molecule has 6 nitrogen and oxygen atoms in total. The van der Waals surface area contributed by atoms with E-state index >= 15 is 0 Å². The first kappa shape index (κ1) is 32.9. The van der Waals surface area contributed by atoms with Gasteiger partial charge in [-0.15, -0.1) is 0 Å². The number of hydrogen-bond donors (Lipinski definition) is 0. The number of para-hydroxylation sites is 3. The van der Waals surface area contributed by atoms with Gasteiger partial charge < -0.3 is 13.6 Å². The van der Waals surface area contributed by atoms with Gasteiger partial charge in [0.25, 0.3) is 0 Å². The van der Waals surface area contributed by atoms with Gasteiger partial charge in [0, 0.05) is 54.8 Å². The number of furan rings is 1. The van der Waals surface area contributed by atoms with E-state index in [1.807, 2.05) is 78.9 Å². The smallest absolute Gasteiger partial charge is 0.238 e. The summed E-state index contributed by atoms with van der Waals surface area (Å²) in [5.74, 6) is 0.556. The Morgan fingerprint density at radius 3 is 1.68 bits per heavy atom. The van der Waals surface area contributed by atoms with E-state index in [-0.39, 0.29) is 0 Å². The molecule has 0 aliphatic rings. The van der Waals surface area contributed by atoms with Crippen LogP contribution in [-0.2, 0) is 0 Å². The average Bonchev–Trinajstić information content (AvgIpc) is 3.97. The quantitative estimate of drug-likeness (QED) is 0.164. The van der Waals surface area contributed by atoms with Crippen molar-refractivity contribution in [1.82, 2.24) is 19.1 Å².